The number of ether oxygens (including phenoxy) is 1. The number of rotatable bonds is 5. The Morgan fingerprint density at radius 1 is 1.20 bits per heavy atom. The highest BCUT2D eigenvalue weighted by Crippen LogP contribution is 2.33. The highest BCUT2D eigenvalue weighted by Gasteiger charge is 2.33. The Kier molecular flexibility index (Phi) is 5.89. The van der Waals surface area contributed by atoms with Gasteiger partial charge in [0.15, 0.2) is 5.69 Å². The van der Waals surface area contributed by atoms with Crippen molar-refractivity contribution in [1.82, 2.24) is 24.9 Å². The van der Waals surface area contributed by atoms with Gasteiger partial charge in [-0.05, 0) is 38.8 Å². The standard InChI is InChI=1S/C21H23N5O3S/c1-3-29-21(28)17-13-30-19(24-17)15-9-8-14(2)25(12-15)20(27)16-6-4-5-7-18(16)26-22-10-11-23-26/h4-7,10-11,13-15H,3,8-9,12H2,1-2H3/t14-,15-/m1/s1. The molecule has 4 rings (SSSR count). The molecule has 3 heterocycles. The van der Waals surface area contributed by atoms with E-state index in [1.54, 1.807) is 30.8 Å². The van der Waals surface area contributed by atoms with E-state index in [1.807, 2.05) is 23.1 Å². The first-order chi connectivity index (χ1) is 14.6. The third kappa shape index (κ3) is 3.97. The number of para-hydroxylation sites is 1. The molecule has 2 aromatic heterocycles. The molecule has 1 aromatic carbocycles. The molecule has 3 aromatic rings. The number of hydrogen-bond acceptors (Lipinski definition) is 7. The largest absolute Gasteiger partial charge is 0.461 e. The van der Waals surface area contributed by atoms with Crippen molar-refractivity contribution < 1.29 is 14.3 Å². The molecule has 0 N–H and O–H groups in total. The van der Waals surface area contributed by atoms with Crippen molar-refractivity contribution in [3.8, 4) is 5.69 Å². The summed E-state index contributed by atoms with van der Waals surface area (Å²) in [6, 6.07) is 7.46. The number of esters is 1. The van der Waals surface area contributed by atoms with E-state index in [1.165, 1.54) is 16.1 Å². The summed E-state index contributed by atoms with van der Waals surface area (Å²) >= 11 is 1.45. The molecule has 0 bridgehead atoms. The number of aromatic nitrogens is 4. The molecule has 0 aliphatic carbocycles. The van der Waals surface area contributed by atoms with Gasteiger partial charge in [-0.2, -0.15) is 15.0 Å². The average Bonchev–Trinajstić information content (AvgIpc) is 3.46. The van der Waals surface area contributed by atoms with Crippen LogP contribution in [-0.2, 0) is 4.74 Å². The van der Waals surface area contributed by atoms with Crippen LogP contribution >= 0.6 is 11.3 Å². The van der Waals surface area contributed by atoms with E-state index in [9.17, 15) is 9.59 Å². The molecule has 2 atom stereocenters. The first kappa shape index (κ1) is 20.2. The van der Waals surface area contributed by atoms with E-state index in [0.29, 0.717) is 30.1 Å². The van der Waals surface area contributed by atoms with E-state index in [-0.39, 0.29) is 17.9 Å². The van der Waals surface area contributed by atoms with Crippen molar-refractivity contribution in [2.45, 2.75) is 38.6 Å². The van der Waals surface area contributed by atoms with Crippen molar-refractivity contribution in [3.05, 3.63) is 58.3 Å². The molecule has 8 nitrogen and oxygen atoms in total. The second-order valence-electron chi connectivity index (χ2n) is 7.21. The normalized spacial score (nSPS) is 18.9. The summed E-state index contributed by atoms with van der Waals surface area (Å²) in [4.78, 5) is 33.3. The maximum atomic E-state index is 13.5. The first-order valence-electron chi connectivity index (χ1n) is 9.97. The van der Waals surface area contributed by atoms with Gasteiger partial charge < -0.3 is 9.64 Å². The molecule has 1 aliphatic rings. The average molecular weight is 426 g/mol. The molecule has 0 unspecified atom stereocenters. The van der Waals surface area contributed by atoms with Gasteiger partial charge in [-0.1, -0.05) is 12.1 Å². The monoisotopic (exact) mass is 425 g/mol. The van der Waals surface area contributed by atoms with Crippen LogP contribution in [0.3, 0.4) is 0 Å². The minimum absolute atomic E-state index is 0.0535. The van der Waals surface area contributed by atoms with Gasteiger partial charge in [0, 0.05) is 23.9 Å². The lowest BCUT2D eigenvalue weighted by molar-refractivity contribution is 0.0517. The van der Waals surface area contributed by atoms with Crippen molar-refractivity contribution in [2.75, 3.05) is 13.2 Å². The van der Waals surface area contributed by atoms with E-state index in [0.717, 1.165) is 17.8 Å². The fraction of sp³-hybridized carbons (Fsp3) is 0.381. The number of carbonyl (C=O) groups excluding carboxylic acids is 2. The Balaban J connectivity index is 1.56. The Labute approximate surface area is 178 Å². The summed E-state index contributed by atoms with van der Waals surface area (Å²) in [5, 5.41) is 10.9. The van der Waals surface area contributed by atoms with Gasteiger partial charge in [0.25, 0.3) is 5.91 Å². The highest BCUT2D eigenvalue weighted by atomic mass is 32.1. The molecule has 156 valence electrons. The molecule has 0 saturated carbocycles. The van der Waals surface area contributed by atoms with Crippen LogP contribution in [0.5, 0.6) is 0 Å². The van der Waals surface area contributed by atoms with Gasteiger partial charge in [-0.25, -0.2) is 9.78 Å². The maximum absolute atomic E-state index is 13.5. The van der Waals surface area contributed by atoms with Crippen molar-refractivity contribution in [1.29, 1.82) is 0 Å². The number of hydrogen-bond donors (Lipinski definition) is 0. The first-order valence-corrected chi connectivity index (χ1v) is 10.9. The van der Waals surface area contributed by atoms with Crippen LogP contribution in [0, 0.1) is 0 Å². The van der Waals surface area contributed by atoms with E-state index in [4.69, 9.17) is 4.74 Å². The Bertz CT molecular complexity index is 1030. The molecule has 1 saturated heterocycles. The molecule has 30 heavy (non-hydrogen) atoms. The molecule has 0 spiro atoms. The van der Waals surface area contributed by atoms with Crippen LogP contribution in [-0.4, -0.2) is 55.9 Å². The third-order valence-corrected chi connectivity index (χ3v) is 6.27. The Morgan fingerprint density at radius 2 is 1.97 bits per heavy atom. The number of nitrogens with zero attached hydrogens (tertiary/aromatic N) is 5. The van der Waals surface area contributed by atoms with Gasteiger partial charge in [-0.15, -0.1) is 11.3 Å². The minimum atomic E-state index is -0.405. The van der Waals surface area contributed by atoms with Crippen molar-refractivity contribution in [3.63, 3.8) is 0 Å². The van der Waals surface area contributed by atoms with Crippen LogP contribution in [0.2, 0.25) is 0 Å². The Hall–Kier alpha value is -3.07. The molecule has 0 radical (unpaired) electrons. The van der Waals surface area contributed by atoms with Crippen molar-refractivity contribution >= 4 is 23.2 Å². The number of benzene rings is 1. The second-order valence-corrected chi connectivity index (χ2v) is 8.10. The second kappa shape index (κ2) is 8.74. The zero-order chi connectivity index (χ0) is 21.1. The molecule has 1 amide bonds. The number of amides is 1. The number of thiazole rings is 1. The minimum Gasteiger partial charge on any atom is -0.461 e. The Morgan fingerprint density at radius 3 is 2.73 bits per heavy atom. The van der Waals surface area contributed by atoms with Crippen molar-refractivity contribution in [2.24, 2.45) is 0 Å². The van der Waals surface area contributed by atoms with Crippen LogP contribution in [0.4, 0.5) is 0 Å². The molecule has 1 aliphatic heterocycles. The zero-order valence-corrected chi connectivity index (χ0v) is 17.7. The zero-order valence-electron chi connectivity index (χ0n) is 16.9. The van der Waals surface area contributed by atoms with E-state index < -0.39 is 5.97 Å². The highest BCUT2D eigenvalue weighted by molar-refractivity contribution is 7.09. The van der Waals surface area contributed by atoms with Crippen LogP contribution in [0.15, 0.2) is 42.0 Å². The quantitative estimate of drug-likeness (QED) is 0.583. The number of carbonyl (C=O) groups is 2. The lowest BCUT2D eigenvalue weighted by Gasteiger charge is -2.37. The fourth-order valence-corrected chi connectivity index (χ4v) is 4.61. The summed E-state index contributed by atoms with van der Waals surface area (Å²) in [5.41, 5.74) is 1.55. The topological polar surface area (TPSA) is 90.2 Å². The van der Waals surface area contributed by atoms with Crippen LogP contribution < -0.4 is 0 Å². The van der Waals surface area contributed by atoms with Gasteiger partial charge in [0.05, 0.1) is 35.3 Å². The van der Waals surface area contributed by atoms with Gasteiger partial charge >= 0.3 is 5.97 Å². The predicted octanol–water partition coefficient (Wildman–Crippen LogP) is 3.31. The van der Waals surface area contributed by atoms with Crippen LogP contribution in [0.1, 0.15) is 58.5 Å². The number of likely N-dealkylation sites (tertiary alicyclic amines) is 1. The predicted molar refractivity (Wildman–Crippen MR) is 112 cm³/mol. The van der Waals surface area contributed by atoms with Gasteiger partial charge in [0.2, 0.25) is 0 Å². The smallest absolute Gasteiger partial charge is 0.357 e. The molecular weight excluding hydrogens is 402 g/mol. The summed E-state index contributed by atoms with van der Waals surface area (Å²) in [5.74, 6) is -0.367. The van der Waals surface area contributed by atoms with Gasteiger partial charge in [-0.3, -0.25) is 4.79 Å². The molecule has 9 heteroatoms. The third-order valence-electron chi connectivity index (χ3n) is 5.27. The summed E-state index contributed by atoms with van der Waals surface area (Å²) < 4.78 is 5.04. The summed E-state index contributed by atoms with van der Waals surface area (Å²) in [6.45, 7) is 4.71. The maximum Gasteiger partial charge on any atom is 0.357 e. The summed E-state index contributed by atoms with van der Waals surface area (Å²) in [7, 11) is 0. The SMILES string of the molecule is CCOC(=O)c1csc([C@@H]2CC[C@@H](C)N(C(=O)c3ccccc3-n3nccn3)C2)n1. The van der Waals surface area contributed by atoms with Crippen LogP contribution in [0.25, 0.3) is 5.69 Å². The lowest BCUT2D eigenvalue weighted by atomic mass is 9.93. The molecule has 1 fully saturated rings. The molecular formula is C21H23N5O3S. The van der Waals surface area contributed by atoms with Gasteiger partial charge in [0.1, 0.15) is 0 Å². The van der Waals surface area contributed by atoms with E-state index in [2.05, 4.69) is 22.1 Å². The fourth-order valence-electron chi connectivity index (χ4n) is 3.69. The van der Waals surface area contributed by atoms with E-state index >= 15 is 0 Å². The number of piperidine rings is 1. The lowest BCUT2D eigenvalue weighted by Crippen LogP contribution is -2.45. The summed E-state index contributed by atoms with van der Waals surface area (Å²) in [6.07, 6.45) is 4.96.